The van der Waals surface area contributed by atoms with Crippen molar-refractivity contribution in [1.29, 1.82) is 0 Å². The molecule has 3 unspecified atom stereocenters. The summed E-state index contributed by atoms with van der Waals surface area (Å²) in [4.78, 5) is 14.7. The summed E-state index contributed by atoms with van der Waals surface area (Å²) in [6.07, 6.45) is 4.80. The van der Waals surface area contributed by atoms with Gasteiger partial charge in [-0.3, -0.25) is 9.69 Å². The van der Waals surface area contributed by atoms with E-state index < -0.39 is 0 Å². The Bertz CT molecular complexity index is 292. The highest BCUT2D eigenvalue weighted by Gasteiger charge is 2.34. The summed E-state index contributed by atoms with van der Waals surface area (Å²) in [5.41, 5.74) is 0. The number of carbonyl (C=O) groups excluding carboxylic acids is 1. The smallest absolute Gasteiger partial charge is 0.237 e. The average Bonchev–Trinajstić information content (AvgIpc) is 2.76. The minimum atomic E-state index is 0.00853. The molecule has 2 aliphatic heterocycles. The van der Waals surface area contributed by atoms with Crippen molar-refractivity contribution in [3.63, 3.8) is 0 Å². The fourth-order valence-corrected chi connectivity index (χ4v) is 3.59. The van der Waals surface area contributed by atoms with E-state index in [9.17, 15) is 4.79 Å². The van der Waals surface area contributed by atoms with Crippen LogP contribution in [0.15, 0.2) is 0 Å². The third-order valence-electron chi connectivity index (χ3n) is 4.87. The van der Waals surface area contributed by atoms with Gasteiger partial charge in [-0.1, -0.05) is 0 Å². The molecule has 2 heterocycles. The zero-order valence-corrected chi connectivity index (χ0v) is 12.6. The van der Waals surface area contributed by atoms with E-state index in [1.54, 1.807) is 0 Å². The first kappa shape index (κ1) is 14.8. The van der Waals surface area contributed by atoms with Crippen molar-refractivity contribution < 1.29 is 4.79 Å². The van der Waals surface area contributed by atoms with Crippen molar-refractivity contribution in [3.05, 3.63) is 0 Å². The molecule has 4 nitrogen and oxygen atoms in total. The van der Waals surface area contributed by atoms with Crippen molar-refractivity contribution in [2.45, 2.75) is 64.6 Å². The van der Waals surface area contributed by atoms with E-state index in [4.69, 9.17) is 0 Å². The molecular weight excluding hydrogens is 238 g/mol. The maximum atomic E-state index is 12.3. The molecule has 0 spiro atoms. The van der Waals surface area contributed by atoms with Crippen LogP contribution in [0.2, 0.25) is 0 Å². The second-order valence-electron chi connectivity index (χ2n) is 6.34. The minimum absolute atomic E-state index is 0.00853. The van der Waals surface area contributed by atoms with Crippen LogP contribution >= 0.6 is 0 Å². The van der Waals surface area contributed by atoms with Crippen molar-refractivity contribution in [3.8, 4) is 0 Å². The van der Waals surface area contributed by atoms with E-state index in [0.29, 0.717) is 18.0 Å². The highest BCUT2D eigenvalue weighted by atomic mass is 16.2. The monoisotopic (exact) mass is 267 g/mol. The number of carbonyl (C=O) groups is 1. The molecule has 0 aromatic carbocycles. The number of amides is 1. The quantitative estimate of drug-likeness (QED) is 0.808. The van der Waals surface area contributed by atoms with Crippen molar-refractivity contribution in [2.24, 2.45) is 5.92 Å². The number of hydrogen-bond donors (Lipinski definition) is 2. The van der Waals surface area contributed by atoms with E-state index in [1.807, 2.05) is 0 Å². The Morgan fingerprint density at radius 1 is 1.21 bits per heavy atom. The summed E-state index contributed by atoms with van der Waals surface area (Å²) >= 11 is 0. The first-order chi connectivity index (χ1) is 9.09. The Kier molecular flexibility index (Phi) is 5.22. The van der Waals surface area contributed by atoms with Gasteiger partial charge in [0.2, 0.25) is 5.91 Å². The van der Waals surface area contributed by atoms with Crippen LogP contribution < -0.4 is 10.6 Å². The molecule has 110 valence electrons. The fourth-order valence-electron chi connectivity index (χ4n) is 3.59. The Balaban J connectivity index is 1.78. The number of hydrogen-bond acceptors (Lipinski definition) is 3. The molecule has 0 radical (unpaired) electrons. The molecule has 0 aliphatic carbocycles. The summed E-state index contributed by atoms with van der Waals surface area (Å²) < 4.78 is 0. The van der Waals surface area contributed by atoms with Gasteiger partial charge in [0.1, 0.15) is 0 Å². The molecule has 2 N–H and O–H groups in total. The average molecular weight is 267 g/mol. The summed E-state index contributed by atoms with van der Waals surface area (Å²) in [6, 6.07) is 1.08. The topological polar surface area (TPSA) is 44.4 Å². The molecule has 0 aromatic heterocycles. The molecular formula is C15H29N3O. The van der Waals surface area contributed by atoms with Crippen LogP contribution in [0, 0.1) is 5.92 Å². The standard InChI is InChI=1S/C15H29N3O/c1-11-4-5-12(2)18(11)13(3)15(19)17-10-14-6-8-16-9-7-14/h11-14,16H,4-10H2,1-3H3,(H,17,19). The highest BCUT2D eigenvalue weighted by Crippen LogP contribution is 2.25. The molecule has 2 fully saturated rings. The van der Waals surface area contributed by atoms with Crippen LogP contribution in [-0.2, 0) is 4.79 Å². The summed E-state index contributed by atoms with van der Waals surface area (Å²) in [6.45, 7) is 9.56. The second kappa shape index (κ2) is 6.71. The first-order valence-corrected chi connectivity index (χ1v) is 7.85. The van der Waals surface area contributed by atoms with Gasteiger partial charge in [0.15, 0.2) is 0 Å². The first-order valence-electron chi connectivity index (χ1n) is 7.85. The third kappa shape index (κ3) is 3.69. The zero-order valence-electron chi connectivity index (χ0n) is 12.6. The SMILES string of the molecule is CC1CCC(C)N1C(C)C(=O)NCC1CCNCC1. The van der Waals surface area contributed by atoms with Crippen LogP contribution in [0.3, 0.4) is 0 Å². The Morgan fingerprint density at radius 3 is 2.37 bits per heavy atom. The Labute approximate surface area is 117 Å². The predicted molar refractivity (Wildman–Crippen MR) is 78.1 cm³/mol. The van der Waals surface area contributed by atoms with Crippen LogP contribution in [0.5, 0.6) is 0 Å². The lowest BCUT2D eigenvalue weighted by Crippen LogP contribution is -2.50. The number of rotatable bonds is 4. The van der Waals surface area contributed by atoms with Gasteiger partial charge in [0.25, 0.3) is 0 Å². The summed E-state index contributed by atoms with van der Waals surface area (Å²) in [5.74, 6) is 0.866. The van der Waals surface area contributed by atoms with Crippen LogP contribution in [0.1, 0.15) is 46.5 Å². The molecule has 0 saturated carbocycles. The van der Waals surface area contributed by atoms with E-state index in [2.05, 4.69) is 36.3 Å². The van der Waals surface area contributed by atoms with Gasteiger partial charge in [-0.05, 0) is 65.5 Å². The molecule has 4 heteroatoms. The van der Waals surface area contributed by atoms with Crippen LogP contribution in [0.25, 0.3) is 0 Å². The zero-order chi connectivity index (χ0) is 13.8. The molecule has 2 saturated heterocycles. The van der Waals surface area contributed by atoms with Gasteiger partial charge < -0.3 is 10.6 Å². The molecule has 0 aromatic rings. The lowest BCUT2D eigenvalue weighted by Gasteiger charge is -2.32. The molecule has 2 rings (SSSR count). The maximum absolute atomic E-state index is 12.3. The number of nitrogens with one attached hydrogen (secondary N) is 2. The lowest BCUT2D eigenvalue weighted by atomic mass is 9.98. The largest absolute Gasteiger partial charge is 0.354 e. The van der Waals surface area contributed by atoms with Crippen LogP contribution in [-0.4, -0.2) is 48.6 Å². The Hall–Kier alpha value is -0.610. The molecule has 0 bridgehead atoms. The van der Waals surface area contributed by atoms with Crippen molar-refractivity contribution in [2.75, 3.05) is 19.6 Å². The summed E-state index contributed by atoms with van der Waals surface area (Å²) in [5, 5.41) is 6.52. The fraction of sp³-hybridized carbons (Fsp3) is 0.933. The van der Waals surface area contributed by atoms with E-state index in [1.165, 1.54) is 25.7 Å². The predicted octanol–water partition coefficient (Wildman–Crippen LogP) is 1.36. The van der Waals surface area contributed by atoms with Crippen molar-refractivity contribution >= 4 is 5.91 Å². The van der Waals surface area contributed by atoms with Gasteiger partial charge in [-0.15, -0.1) is 0 Å². The van der Waals surface area contributed by atoms with E-state index >= 15 is 0 Å². The number of likely N-dealkylation sites (tertiary alicyclic amines) is 1. The van der Waals surface area contributed by atoms with E-state index in [-0.39, 0.29) is 11.9 Å². The highest BCUT2D eigenvalue weighted by molar-refractivity contribution is 5.81. The van der Waals surface area contributed by atoms with Gasteiger partial charge in [-0.2, -0.15) is 0 Å². The van der Waals surface area contributed by atoms with Gasteiger partial charge in [0, 0.05) is 18.6 Å². The van der Waals surface area contributed by atoms with E-state index in [0.717, 1.165) is 19.6 Å². The normalized spacial score (nSPS) is 31.3. The maximum Gasteiger partial charge on any atom is 0.237 e. The van der Waals surface area contributed by atoms with Gasteiger partial charge >= 0.3 is 0 Å². The van der Waals surface area contributed by atoms with Crippen LogP contribution in [0.4, 0.5) is 0 Å². The Morgan fingerprint density at radius 2 is 1.79 bits per heavy atom. The number of piperidine rings is 1. The van der Waals surface area contributed by atoms with Gasteiger partial charge in [-0.25, -0.2) is 0 Å². The molecule has 19 heavy (non-hydrogen) atoms. The molecule has 1 amide bonds. The second-order valence-corrected chi connectivity index (χ2v) is 6.34. The molecule has 2 aliphatic rings. The lowest BCUT2D eigenvalue weighted by molar-refractivity contribution is -0.127. The summed E-state index contributed by atoms with van der Waals surface area (Å²) in [7, 11) is 0. The minimum Gasteiger partial charge on any atom is -0.354 e. The molecule has 3 atom stereocenters. The van der Waals surface area contributed by atoms with Gasteiger partial charge in [0.05, 0.1) is 6.04 Å². The third-order valence-corrected chi connectivity index (χ3v) is 4.87. The van der Waals surface area contributed by atoms with Crippen molar-refractivity contribution in [1.82, 2.24) is 15.5 Å². The number of nitrogens with zero attached hydrogens (tertiary/aromatic N) is 1.